The first kappa shape index (κ1) is 15.3. The molecule has 1 heterocycles. The van der Waals surface area contributed by atoms with Gasteiger partial charge in [-0.25, -0.2) is 0 Å². The van der Waals surface area contributed by atoms with Gasteiger partial charge in [-0.2, -0.15) is 0 Å². The molecule has 22 heavy (non-hydrogen) atoms. The number of aryl methyl sites for hydroxylation is 1. The Morgan fingerprint density at radius 1 is 1.41 bits per heavy atom. The van der Waals surface area contributed by atoms with Crippen molar-refractivity contribution >= 4 is 33.9 Å². The van der Waals surface area contributed by atoms with Crippen molar-refractivity contribution in [3.63, 3.8) is 0 Å². The summed E-state index contributed by atoms with van der Waals surface area (Å²) in [5.74, 6) is 0.732. The van der Waals surface area contributed by atoms with Crippen LogP contribution in [0, 0.1) is 5.92 Å². The van der Waals surface area contributed by atoms with E-state index in [1.54, 1.807) is 0 Å². The van der Waals surface area contributed by atoms with Gasteiger partial charge in [0.2, 0.25) is 0 Å². The number of benzene rings is 1. The van der Waals surface area contributed by atoms with E-state index >= 15 is 0 Å². The Kier molecular flexibility index (Phi) is 4.64. The van der Waals surface area contributed by atoms with Gasteiger partial charge in [0.05, 0.1) is 0 Å². The summed E-state index contributed by atoms with van der Waals surface area (Å²) in [6.07, 6.45) is 3.56. The number of aromatic amines is 1. The summed E-state index contributed by atoms with van der Waals surface area (Å²) in [5, 5.41) is 11.7. The van der Waals surface area contributed by atoms with Crippen LogP contribution < -0.4 is 16.0 Å². The number of H-pyrrole nitrogens is 1. The van der Waals surface area contributed by atoms with Gasteiger partial charge in [0.15, 0.2) is 5.11 Å². The van der Waals surface area contributed by atoms with E-state index in [1.807, 2.05) is 14.0 Å². The average Bonchev–Trinajstić information content (AvgIpc) is 2.85. The van der Waals surface area contributed by atoms with E-state index in [2.05, 4.69) is 39.1 Å². The quantitative estimate of drug-likeness (QED) is 0.655. The highest BCUT2D eigenvalue weighted by atomic mass is 32.1. The molecule has 1 unspecified atom stereocenters. The molecule has 5 heteroatoms. The Morgan fingerprint density at radius 3 is 3.05 bits per heavy atom. The Bertz CT molecular complexity index is 677. The molecule has 4 N–H and O–H groups in total. The molecule has 1 aromatic heterocycles. The lowest BCUT2D eigenvalue weighted by molar-refractivity contribution is 0.439. The second-order valence-corrected chi connectivity index (χ2v) is 6.40. The van der Waals surface area contributed by atoms with Crippen molar-refractivity contribution in [2.45, 2.75) is 26.2 Å². The SMILES string of the molecule is CCNC(=S)Nc1ccc2[nH]c3c(c2c1)CC(CNC)CC3. The summed E-state index contributed by atoms with van der Waals surface area (Å²) >= 11 is 5.27. The van der Waals surface area contributed by atoms with E-state index < -0.39 is 0 Å². The molecule has 4 nitrogen and oxygen atoms in total. The Labute approximate surface area is 137 Å². The number of hydrogen-bond donors (Lipinski definition) is 4. The van der Waals surface area contributed by atoms with Crippen LogP contribution in [-0.4, -0.2) is 30.2 Å². The molecule has 0 amide bonds. The predicted octanol–water partition coefficient (Wildman–Crippen LogP) is 2.80. The number of nitrogens with one attached hydrogen (secondary N) is 4. The molecule has 0 radical (unpaired) electrons. The largest absolute Gasteiger partial charge is 0.363 e. The molecule has 0 fully saturated rings. The van der Waals surface area contributed by atoms with Crippen molar-refractivity contribution in [1.82, 2.24) is 15.6 Å². The van der Waals surface area contributed by atoms with Crippen molar-refractivity contribution in [3.05, 3.63) is 29.5 Å². The highest BCUT2D eigenvalue weighted by Crippen LogP contribution is 2.33. The fourth-order valence-corrected chi connectivity index (χ4v) is 3.63. The van der Waals surface area contributed by atoms with E-state index in [4.69, 9.17) is 12.2 Å². The lowest BCUT2D eigenvalue weighted by Crippen LogP contribution is -2.27. The van der Waals surface area contributed by atoms with Crippen LogP contribution in [0.2, 0.25) is 0 Å². The molecule has 0 saturated carbocycles. The Balaban J connectivity index is 1.88. The van der Waals surface area contributed by atoms with Gasteiger partial charge in [-0.1, -0.05) is 0 Å². The molecule has 1 atom stereocenters. The van der Waals surface area contributed by atoms with Gasteiger partial charge in [0, 0.05) is 28.8 Å². The normalized spacial score (nSPS) is 17.3. The summed E-state index contributed by atoms with van der Waals surface area (Å²) in [6, 6.07) is 6.45. The summed E-state index contributed by atoms with van der Waals surface area (Å²) in [5.41, 5.74) is 5.18. The zero-order chi connectivity index (χ0) is 15.5. The third-order valence-electron chi connectivity index (χ3n) is 4.38. The third kappa shape index (κ3) is 3.10. The fraction of sp³-hybridized carbons (Fsp3) is 0.471. The summed E-state index contributed by atoms with van der Waals surface area (Å²) < 4.78 is 0. The molecule has 0 spiro atoms. The van der Waals surface area contributed by atoms with E-state index in [0.29, 0.717) is 5.11 Å². The molecular formula is C17H24N4S. The first-order valence-corrected chi connectivity index (χ1v) is 8.45. The van der Waals surface area contributed by atoms with Crippen LogP contribution in [0.15, 0.2) is 18.2 Å². The number of hydrogen-bond acceptors (Lipinski definition) is 2. The van der Waals surface area contributed by atoms with Gasteiger partial charge in [0.1, 0.15) is 0 Å². The van der Waals surface area contributed by atoms with Crippen LogP contribution in [0.25, 0.3) is 10.9 Å². The smallest absolute Gasteiger partial charge is 0.170 e. The van der Waals surface area contributed by atoms with Gasteiger partial charge in [-0.3, -0.25) is 0 Å². The zero-order valence-corrected chi connectivity index (χ0v) is 14.1. The molecule has 118 valence electrons. The van der Waals surface area contributed by atoms with E-state index in [9.17, 15) is 0 Å². The van der Waals surface area contributed by atoms with E-state index in [0.717, 1.165) is 37.5 Å². The number of rotatable bonds is 4. The van der Waals surface area contributed by atoms with Crippen LogP contribution in [0.3, 0.4) is 0 Å². The summed E-state index contributed by atoms with van der Waals surface area (Å²) in [4.78, 5) is 3.59. The number of fused-ring (bicyclic) bond motifs is 3. The highest BCUT2D eigenvalue weighted by molar-refractivity contribution is 7.80. The Morgan fingerprint density at radius 2 is 2.27 bits per heavy atom. The average molecular weight is 316 g/mol. The number of thiocarbonyl (C=S) groups is 1. The van der Waals surface area contributed by atoms with Crippen molar-refractivity contribution in [1.29, 1.82) is 0 Å². The second-order valence-electron chi connectivity index (χ2n) is 5.99. The van der Waals surface area contributed by atoms with Gasteiger partial charge in [0.25, 0.3) is 0 Å². The summed E-state index contributed by atoms with van der Waals surface area (Å²) in [7, 11) is 2.04. The number of aromatic nitrogens is 1. The number of anilines is 1. The lowest BCUT2D eigenvalue weighted by Gasteiger charge is -2.22. The van der Waals surface area contributed by atoms with Crippen molar-refractivity contribution in [3.8, 4) is 0 Å². The lowest BCUT2D eigenvalue weighted by atomic mass is 9.86. The Hall–Kier alpha value is -1.59. The monoisotopic (exact) mass is 316 g/mol. The predicted molar refractivity (Wildman–Crippen MR) is 97.6 cm³/mol. The molecule has 2 aromatic rings. The van der Waals surface area contributed by atoms with E-state index in [1.165, 1.54) is 28.6 Å². The topological polar surface area (TPSA) is 51.9 Å². The van der Waals surface area contributed by atoms with Gasteiger partial charge >= 0.3 is 0 Å². The van der Waals surface area contributed by atoms with Crippen LogP contribution in [0.4, 0.5) is 5.69 Å². The summed E-state index contributed by atoms with van der Waals surface area (Å²) in [6.45, 7) is 3.97. The van der Waals surface area contributed by atoms with Gasteiger partial charge in [-0.15, -0.1) is 0 Å². The molecular weight excluding hydrogens is 292 g/mol. The molecule has 0 saturated heterocycles. The van der Waals surface area contributed by atoms with Gasteiger partial charge in [-0.05, 0) is 81.7 Å². The van der Waals surface area contributed by atoms with Crippen LogP contribution in [0.5, 0.6) is 0 Å². The maximum absolute atomic E-state index is 5.27. The second kappa shape index (κ2) is 6.67. The van der Waals surface area contributed by atoms with Crippen molar-refractivity contribution in [2.75, 3.05) is 25.5 Å². The van der Waals surface area contributed by atoms with Crippen LogP contribution >= 0.6 is 12.2 Å². The van der Waals surface area contributed by atoms with E-state index in [-0.39, 0.29) is 0 Å². The first-order chi connectivity index (χ1) is 10.7. The molecule has 1 aliphatic carbocycles. The minimum Gasteiger partial charge on any atom is -0.363 e. The molecule has 0 aliphatic heterocycles. The minimum absolute atomic E-state index is 0.680. The fourth-order valence-electron chi connectivity index (χ4n) is 3.37. The maximum atomic E-state index is 5.27. The zero-order valence-electron chi connectivity index (χ0n) is 13.3. The molecule has 3 rings (SSSR count). The van der Waals surface area contributed by atoms with Crippen molar-refractivity contribution in [2.24, 2.45) is 5.92 Å². The van der Waals surface area contributed by atoms with Gasteiger partial charge < -0.3 is 20.9 Å². The molecule has 1 aliphatic rings. The maximum Gasteiger partial charge on any atom is 0.170 e. The minimum atomic E-state index is 0.680. The molecule has 1 aromatic carbocycles. The van der Waals surface area contributed by atoms with Crippen LogP contribution in [0.1, 0.15) is 24.6 Å². The molecule has 0 bridgehead atoms. The third-order valence-corrected chi connectivity index (χ3v) is 4.62. The van der Waals surface area contributed by atoms with Crippen LogP contribution in [-0.2, 0) is 12.8 Å². The standard InChI is InChI=1S/C17H24N4S/c1-3-19-17(22)20-12-5-7-16-14(9-12)13-8-11(10-18-2)4-6-15(13)21-16/h5,7,9,11,18,21H,3-4,6,8,10H2,1-2H3,(H2,19,20,22). The highest BCUT2D eigenvalue weighted by Gasteiger charge is 2.22. The first-order valence-electron chi connectivity index (χ1n) is 8.04. The van der Waals surface area contributed by atoms with Crippen molar-refractivity contribution < 1.29 is 0 Å².